The first kappa shape index (κ1) is 10.5. The smallest absolute Gasteiger partial charge is 0.158 e. The van der Waals surface area contributed by atoms with E-state index < -0.39 is 0 Å². The van der Waals surface area contributed by atoms with Gasteiger partial charge in [-0.1, -0.05) is 6.07 Å². The van der Waals surface area contributed by atoms with Gasteiger partial charge in [0.1, 0.15) is 0 Å². The van der Waals surface area contributed by atoms with Gasteiger partial charge in [0.2, 0.25) is 0 Å². The highest BCUT2D eigenvalue weighted by atomic mass is 15.3. The Morgan fingerprint density at radius 2 is 2.18 bits per heavy atom. The third-order valence-electron chi connectivity index (χ3n) is 3.14. The first-order valence-corrected chi connectivity index (χ1v) is 6.00. The Kier molecular flexibility index (Phi) is 2.44. The van der Waals surface area contributed by atoms with Crippen molar-refractivity contribution in [1.29, 1.82) is 0 Å². The molecule has 0 amide bonds. The molecule has 0 spiro atoms. The summed E-state index contributed by atoms with van der Waals surface area (Å²) in [7, 11) is 0. The molecule has 17 heavy (non-hydrogen) atoms. The fraction of sp³-hybridized carbons (Fsp3) is 0.385. The zero-order valence-electron chi connectivity index (χ0n) is 9.93. The highest BCUT2D eigenvalue weighted by Crippen LogP contribution is 2.39. The number of hydrogen-bond acceptors (Lipinski definition) is 3. The van der Waals surface area contributed by atoms with E-state index in [0.29, 0.717) is 12.5 Å². The average Bonchev–Trinajstić information content (AvgIpc) is 3.07. The summed E-state index contributed by atoms with van der Waals surface area (Å²) in [6.07, 6.45) is 4.51. The minimum absolute atomic E-state index is 0.487. The van der Waals surface area contributed by atoms with E-state index in [9.17, 15) is 0 Å². The van der Waals surface area contributed by atoms with Crippen molar-refractivity contribution in [1.82, 2.24) is 14.8 Å². The zero-order chi connectivity index (χ0) is 11.8. The van der Waals surface area contributed by atoms with Gasteiger partial charge in [0, 0.05) is 29.9 Å². The molecule has 3 rings (SSSR count). The largest absolute Gasteiger partial charge is 0.326 e. The Morgan fingerprint density at radius 1 is 1.35 bits per heavy atom. The van der Waals surface area contributed by atoms with Crippen LogP contribution in [0.4, 0.5) is 0 Å². The van der Waals surface area contributed by atoms with Gasteiger partial charge in [-0.3, -0.25) is 0 Å². The molecule has 2 aromatic rings. The summed E-state index contributed by atoms with van der Waals surface area (Å²) in [4.78, 5) is 4.53. The molecule has 0 bridgehead atoms. The molecule has 1 saturated carbocycles. The first-order chi connectivity index (χ1) is 8.28. The molecule has 4 heteroatoms. The molecule has 2 heterocycles. The zero-order valence-corrected chi connectivity index (χ0v) is 9.93. The van der Waals surface area contributed by atoms with E-state index in [4.69, 9.17) is 5.73 Å². The van der Waals surface area contributed by atoms with Gasteiger partial charge in [0.25, 0.3) is 0 Å². The Morgan fingerprint density at radius 3 is 2.88 bits per heavy atom. The maximum atomic E-state index is 5.74. The second-order valence-electron chi connectivity index (χ2n) is 4.60. The topological polar surface area (TPSA) is 56.7 Å². The second kappa shape index (κ2) is 3.96. The lowest BCUT2D eigenvalue weighted by Gasteiger charge is -2.07. The maximum absolute atomic E-state index is 5.74. The van der Waals surface area contributed by atoms with E-state index >= 15 is 0 Å². The summed E-state index contributed by atoms with van der Waals surface area (Å²) in [5, 5.41) is 4.59. The molecule has 0 unspecified atom stereocenters. The lowest BCUT2D eigenvalue weighted by molar-refractivity contribution is 0.792. The van der Waals surface area contributed by atoms with Crippen LogP contribution in [0.2, 0.25) is 0 Å². The standard InChI is InChI=1S/C13H16N4/c1-9-2-3-11(8-14)13(15-9)17-7-6-12(16-17)10-4-5-10/h2-3,6-7,10H,4-5,8,14H2,1H3. The first-order valence-electron chi connectivity index (χ1n) is 6.00. The predicted octanol–water partition coefficient (Wildman–Crippen LogP) is 1.91. The fourth-order valence-corrected chi connectivity index (χ4v) is 1.98. The molecule has 0 aliphatic heterocycles. The molecule has 88 valence electrons. The Bertz CT molecular complexity index is 540. The van der Waals surface area contributed by atoms with Crippen LogP contribution in [0, 0.1) is 6.92 Å². The van der Waals surface area contributed by atoms with Crippen LogP contribution in [0.1, 0.15) is 35.7 Å². The van der Waals surface area contributed by atoms with Crippen molar-refractivity contribution in [2.45, 2.75) is 32.2 Å². The lowest BCUT2D eigenvalue weighted by Crippen LogP contribution is -2.08. The quantitative estimate of drug-likeness (QED) is 0.873. The van der Waals surface area contributed by atoms with Gasteiger partial charge in [-0.05, 0) is 31.9 Å². The van der Waals surface area contributed by atoms with Crippen LogP contribution in [-0.4, -0.2) is 14.8 Å². The molecule has 0 radical (unpaired) electrons. The van der Waals surface area contributed by atoms with Gasteiger partial charge in [-0.2, -0.15) is 5.10 Å². The summed E-state index contributed by atoms with van der Waals surface area (Å²) < 4.78 is 1.85. The van der Waals surface area contributed by atoms with Crippen LogP contribution in [0.15, 0.2) is 24.4 Å². The number of hydrogen-bond donors (Lipinski definition) is 1. The average molecular weight is 228 g/mol. The fourth-order valence-electron chi connectivity index (χ4n) is 1.98. The Labute approximate surface area is 100 Å². The number of nitrogens with zero attached hydrogens (tertiary/aromatic N) is 3. The van der Waals surface area contributed by atoms with E-state index in [1.165, 1.54) is 18.5 Å². The summed E-state index contributed by atoms with van der Waals surface area (Å²) in [5.74, 6) is 1.53. The van der Waals surface area contributed by atoms with Crippen molar-refractivity contribution in [3.05, 3.63) is 41.3 Å². The number of aromatic nitrogens is 3. The van der Waals surface area contributed by atoms with E-state index in [2.05, 4.69) is 16.1 Å². The van der Waals surface area contributed by atoms with Gasteiger partial charge in [0.15, 0.2) is 5.82 Å². The molecule has 0 atom stereocenters. The SMILES string of the molecule is Cc1ccc(CN)c(-n2ccc(C3CC3)n2)n1. The lowest BCUT2D eigenvalue weighted by atomic mass is 10.2. The van der Waals surface area contributed by atoms with Gasteiger partial charge < -0.3 is 5.73 Å². The van der Waals surface area contributed by atoms with E-state index in [1.54, 1.807) is 0 Å². The van der Waals surface area contributed by atoms with E-state index in [1.807, 2.05) is 29.9 Å². The summed E-state index contributed by atoms with van der Waals surface area (Å²) in [5.41, 5.74) is 8.93. The van der Waals surface area contributed by atoms with Crippen molar-refractivity contribution in [2.24, 2.45) is 5.73 Å². The van der Waals surface area contributed by atoms with E-state index in [-0.39, 0.29) is 0 Å². The summed E-state index contributed by atoms with van der Waals surface area (Å²) >= 11 is 0. The van der Waals surface area contributed by atoms with Crippen LogP contribution in [0.25, 0.3) is 5.82 Å². The molecule has 2 N–H and O–H groups in total. The number of nitrogens with two attached hydrogens (primary N) is 1. The van der Waals surface area contributed by atoms with Crippen LogP contribution in [0.5, 0.6) is 0 Å². The maximum Gasteiger partial charge on any atom is 0.158 e. The molecule has 4 nitrogen and oxygen atoms in total. The van der Waals surface area contributed by atoms with Crippen molar-refractivity contribution in [2.75, 3.05) is 0 Å². The number of pyridine rings is 1. The molecule has 2 aromatic heterocycles. The molecule has 1 fully saturated rings. The molecule has 1 aliphatic carbocycles. The van der Waals surface area contributed by atoms with Gasteiger partial charge >= 0.3 is 0 Å². The van der Waals surface area contributed by atoms with Gasteiger partial charge in [-0.15, -0.1) is 0 Å². The predicted molar refractivity (Wildman–Crippen MR) is 66.0 cm³/mol. The molecule has 1 aliphatic rings. The number of aryl methyl sites for hydroxylation is 1. The molecular formula is C13H16N4. The third-order valence-corrected chi connectivity index (χ3v) is 3.14. The van der Waals surface area contributed by atoms with Gasteiger partial charge in [-0.25, -0.2) is 9.67 Å². The third kappa shape index (κ3) is 1.96. The van der Waals surface area contributed by atoms with Crippen LogP contribution >= 0.6 is 0 Å². The van der Waals surface area contributed by atoms with Crippen molar-refractivity contribution < 1.29 is 0 Å². The highest BCUT2D eigenvalue weighted by molar-refractivity contribution is 5.35. The van der Waals surface area contributed by atoms with Crippen molar-refractivity contribution in [3.63, 3.8) is 0 Å². The summed E-state index contributed by atoms with van der Waals surface area (Å²) in [6, 6.07) is 6.09. The van der Waals surface area contributed by atoms with Crippen molar-refractivity contribution in [3.8, 4) is 5.82 Å². The molecule has 0 saturated heterocycles. The van der Waals surface area contributed by atoms with Gasteiger partial charge in [0.05, 0.1) is 5.69 Å². The minimum atomic E-state index is 0.487. The molecule has 0 aromatic carbocycles. The minimum Gasteiger partial charge on any atom is -0.326 e. The number of rotatable bonds is 3. The monoisotopic (exact) mass is 228 g/mol. The highest BCUT2D eigenvalue weighted by Gasteiger charge is 2.26. The van der Waals surface area contributed by atoms with E-state index in [0.717, 1.165) is 17.1 Å². The summed E-state index contributed by atoms with van der Waals surface area (Å²) in [6.45, 7) is 2.47. The Balaban J connectivity index is 2.03. The van der Waals surface area contributed by atoms with Crippen LogP contribution in [0.3, 0.4) is 0 Å². The molecular weight excluding hydrogens is 212 g/mol. The second-order valence-corrected chi connectivity index (χ2v) is 4.60. The van der Waals surface area contributed by atoms with Crippen LogP contribution in [-0.2, 0) is 6.54 Å². The van der Waals surface area contributed by atoms with Crippen molar-refractivity contribution >= 4 is 0 Å². The Hall–Kier alpha value is -1.68. The normalized spacial score (nSPS) is 15.2. The van der Waals surface area contributed by atoms with Crippen LogP contribution < -0.4 is 5.73 Å².